The van der Waals surface area contributed by atoms with Crippen molar-refractivity contribution in [2.75, 3.05) is 0 Å². The molecule has 0 aliphatic heterocycles. The monoisotopic (exact) mass is 822 g/mol. The van der Waals surface area contributed by atoms with Crippen molar-refractivity contribution in [3.63, 3.8) is 0 Å². The zero-order chi connectivity index (χ0) is 37.7. The Labute approximate surface area is 333 Å². The fourth-order valence-electron chi connectivity index (χ4n) is 4.03. The van der Waals surface area contributed by atoms with E-state index < -0.39 is 126 Å². The molecule has 0 unspecified atom stereocenters. The standard InChI is InChI=1S/C22H14N6O18S4.2Na/c29-21-18-9(5-16(49(41,42)43)19(21)25-23-12-3-1-10(27(31)32)7-14(12)47(35,36)37)6-17(50(44,45)46)20(22(18)30)26-24-13-4-2-11(28(33)34)8-15(13)48(38,39)40;;/h1-8,29-30H,(H,35,36,37)(H,38,39,40)(H,41,42,43)(H,44,45,46);;/q;2*+1/p-2. The Morgan fingerprint density at radius 2 is 0.808 bits per heavy atom. The molecule has 4 N–H and O–H groups in total. The molecule has 0 spiro atoms. The summed E-state index contributed by atoms with van der Waals surface area (Å²) in [4.78, 5) is 14.5. The molecule has 4 aromatic rings. The molecule has 24 nitrogen and oxygen atoms in total. The van der Waals surface area contributed by atoms with Gasteiger partial charge in [-0.25, -0.2) is 0 Å². The topological polar surface area (TPSA) is 399 Å². The van der Waals surface area contributed by atoms with Crippen LogP contribution >= 0.6 is 0 Å². The van der Waals surface area contributed by atoms with Crippen LogP contribution in [0, 0.1) is 20.2 Å². The molecule has 30 heteroatoms. The van der Waals surface area contributed by atoms with Gasteiger partial charge >= 0.3 is 59.1 Å². The van der Waals surface area contributed by atoms with Crippen LogP contribution in [-0.4, -0.2) is 61.7 Å². The SMILES string of the molecule is O=[N+]([O-])c1ccc(N=Nc2c(S(=O)(=O)O)cc3cc(S(=O)(=O)O)c(N=Nc4ccc([N+](=O)[O-])cc4S(=O)(=O)O)c([O-])c3c2[O-])c(S(=O)(=O)O)c1.[Na+].[Na+]. The molecule has 0 aliphatic rings. The van der Waals surface area contributed by atoms with E-state index in [2.05, 4.69) is 20.5 Å². The molecule has 0 fully saturated rings. The third kappa shape index (κ3) is 9.48. The third-order valence-corrected chi connectivity index (χ3v) is 9.65. The van der Waals surface area contributed by atoms with Crippen LogP contribution in [0.5, 0.6) is 11.5 Å². The predicted molar refractivity (Wildman–Crippen MR) is 157 cm³/mol. The molecule has 0 bridgehead atoms. The fourth-order valence-corrected chi connectivity index (χ4v) is 6.63. The van der Waals surface area contributed by atoms with Gasteiger partial charge in [-0.2, -0.15) is 33.7 Å². The van der Waals surface area contributed by atoms with Gasteiger partial charge in [0, 0.05) is 24.3 Å². The number of nitro groups is 2. The molecule has 0 atom stereocenters. The molecule has 0 saturated heterocycles. The maximum atomic E-state index is 13.5. The van der Waals surface area contributed by atoms with Gasteiger partial charge in [-0.3, -0.25) is 38.4 Å². The van der Waals surface area contributed by atoms with Gasteiger partial charge in [-0.1, -0.05) is 11.5 Å². The first-order valence-electron chi connectivity index (χ1n) is 12.1. The van der Waals surface area contributed by atoms with Crippen molar-refractivity contribution < 1.29 is 131 Å². The van der Waals surface area contributed by atoms with E-state index in [1.165, 1.54) is 0 Å². The predicted octanol–water partition coefficient (Wildman–Crippen LogP) is -3.37. The molecule has 4 aromatic carbocycles. The largest absolute Gasteiger partial charge is 1.00 e. The number of rotatable bonds is 10. The zero-order valence-electron chi connectivity index (χ0n) is 25.4. The average molecular weight is 823 g/mol. The van der Waals surface area contributed by atoms with Gasteiger partial charge < -0.3 is 10.2 Å². The van der Waals surface area contributed by atoms with Crippen LogP contribution in [0.3, 0.4) is 0 Å². The summed E-state index contributed by atoms with van der Waals surface area (Å²) in [5, 5.41) is 60.1. The maximum absolute atomic E-state index is 13.5. The summed E-state index contributed by atoms with van der Waals surface area (Å²) in [5.41, 5.74) is -6.54. The van der Waals surface area contributed by atoms with Crippen LogP contribution < -0.4 is 69.3 Å². The number of azo groups is 2. The smallest absolute Gasteiger partial charge is 0.871 e. The summed E-state index contributed by atoms with van der Waals surface area (Å²) in [5.74, 6) is -3.57. The van der Waals surface area contributed by atoms with Gasteiger partial charge in [0.2, 0.25) is 0 Å². The Hall–Kier alpha value is -3.62. The van der Waals surface area contributed by atoms with Gasteiger partial charge in [0.1, 0.15) is 31.0 Å². The Morgan fingerprint density at radius 3 is 1.08 bits per heavy atom. The summed E-state index contributed by atoms with van der Waals surface area (Å²) in [6, 6.07) is 3.73. The van der Waals surface area contributed by atoms with Gasteiger partial charge in [-0.05, 0) is 35.0 Å². The van der Waals surface area contributed by atoms with E-state index in [1.54, 1.807) is 0 Å². The van der Waals surface area contributed by atoms with Crippen LogP contribution in [0.25, 0.3) is 10.8 Å². The third-order valence-electron chi connectivity index (χ3n) is 6.15. The number of benzene rings is 4. The van der Waals surface area contributed by atoms with E-state index >= 15 is 0 Å². The summed E-state index contributed by atoms with van der Waals surface area (Å²) in [6.07, 6.45) is 0. The van der Waals surface area contributed by atoms with Crippen LogP contribution in [0.1, 0.15) is 0 Å². The van der Waals surface area contributed by atoms with Crippen molar-refractivity contribution in [2.24, 2.45) is 20.5 Å². The van der Waals surface area contributed by atoms with Crippen LogP contribution in [0.2, 0.25) is 0 Å². The van der Waals surface area contributed by atoms with Gasteiger partial charge in [-0.15, -0.1) is 20.5 Å². The number of nitro benzene ring substituents is 2. The molecule has 264 valence electrons. The number of hydrogen-bond acceptors (Lipinski definition) is 18. The molecule has 0 radical (unpaired) electrons. The number of nitrogens with zero attached hydrogens (tertiary/aromatic N) is 6. The average Bonchev–Trinajstić information content (AvgIpc) is 2.97. The molecular formula is C22H12N6Na2O18S4. The number of fused-ring (bicyclic) bond motifs is 1. The molecule has 0 heterocycles. The van der Waals surface area contributed by atoms with Crippen molar-refractivity contribution in [3.8, 4) is 11.5 Å². The number of non-ortho nitro benzene ring substituents is 2. The molecule has 0 amide bonds. The van der Waals surface area contributed by atoms with E-state index in [4.69, 9.17) is 0 Å². The second-order valence-electron chi connectivity index (χ2n) is 9.32. The Kier molecular flexibility index (Phi) is 13.5. The fraction of sp³-hybridized carbons (Fsp3) is 0. The Bertz CT molecular complexity index is 2510. The maximum Gasteiger partial charge on any atom is 1.00 e. The van der Waals surface area contributed by atoms with Crippen molar-refractivity contribution in [2.45, 2.75) is 19.6 Å². The Morgan fingerprint density at radius 1 is 0.500 bits per heavy atom. The van der Waals surface area contributed by atoms with Crippen molar-refractivity contribution in [1.29, 1.82) is 0 Å². The van der Waals surface area contributed by atoms with E-state index in [-0.39, 0.29) is 59.1 Å². The van der Waals surface area contributed by atoms with Gasteiger partial charge in [0.25, 0.3) is 51.8 Å². The normalized spacial score (nSPS) is 12.5. The van der Waals surface area contributed by atoms with Crippen LogP contribution in [-0.2, 0) is 40.5 Å². The van der Waals surface area contributed by atoms with Crippen LogP contribution in [0.15, 0.2) is 88.6 Å². The second kappa shape index (κ2) is 15.8. The summed E-state index contributed by atoms with van der Waals surface area (Å²) in [6.45, 7) is 0. The van der Waals surface area contributed by atoms with E-state index in [0.717, 1.165) is 0 Å². The number of hydrogen-bond donors (Lipinski definition) is 4. The first-order valence-corrected chi connectivity index (χ1v) is 17.9. The molecular weight excluding hydrogens is 811 g/mol. The van der Waals surface area contributed by atoms with E-state index in [9.17, 15) is 82.3 Å². The van der Waals surface area contributed by atoms with Crippen molar-refractivity contribution in [3.05, 3.63) is 68.8 Å². The Balaban J connectivity index is 0.00000468. The quantitative estimate of drug-likeness (QED) is 0.0399. The summed E-state index contributed by atoms with van der Waals surface area (Å²) in [7, 11) is -21.7. The molecule has 0 aliphatic carbocycles. The zero-order valence-corrected chi connectivity index (χ0v) is 32.7. The first kappa shape index (κ1) is 44.5. The minimum absolute atomic E-state index is 0. The van der Waals surface area contributed by atoms with Crippen molar-refractivity contribution >= 4 is 85.4 Å². The molecule has 0 aromatic heterocycles. The van der Waals surface area contributed by atoms with E-state index in [1.807, 2.05) is 0 Å². The molecule has 4 rings (SSSR count). The second-order valence-corrected chi connectivity index (χ2v) is 14.9. The van der Waals surface area contributed by atoms with Gasteiger partial charge in [0.15, 0.2) is 0 Å². The molecule has 52 heavy (non-hydrogen) atoms. The van der Waals surface area contributed by atoms with E-state index in [0.29, 0.717) is 48.5 Å². The summed E-state index contributed by atoms with van der Waals surface area (Å²) < 4.78 is 135. The minimum Gasteiger partial charge on any atom is -0.871 e. The first-order chi connectivity index (χ1) is 22.8. The van der Waals surface area contributed by atoms with Crippen molar-refractivity contribution in [1.82, 2.24) is 0 Å². The molecule has 0 saturated carbocycles. The minimum atomic E-state index is -5.55. The summed E-state index contributed by atoms with van der Waals surface area (Å²) >= 11 is 0. The van der Waals surface area contributed by atoms with Gasteiger partial charge in [0.05, 0.1) is 21.2 Å². The van der Waals surface area contributed by atoms with Crippen LogP contribution in [0.4, 0.5) is 34.1 Å².